The smallest absolute Gasteiger partial charge is 0.164 e. The van der Waals surface area contributed by atoms with Crippen LogP contribution in [-0.4, -0.2) is 19.5 Å². The van der Waals surface area contributed by atoms with Crippen LogP contribution in [0.25, 0.3) is 125 Å². The molecule has 0 saturated carbocycles. The van der Waals surface area contributed by atoms with Gasteiger partial charge in [0.25, 0.3) is 0 Å². The number of aromatic nitrogens is 4. The molecule has 0 amide bonds. The van der Waals surface area contributed by atoms with Crippen molar-refractivity contribution >= 4 is 85.6 Å². The van der Waals surface area contributed by atoms with Gasteiger partial charge < -0.3 is 4.57 Å². The summed E-state index contributed by atoms with van der Waals surface area (Å²) in [6, 6.07) is 89.8. The number of benzene rings is 12. The molecule has 15 aromatic rings. The number of hydrogen-bond acceptors (Lipinski definition) is 4. The van der Waals surface area contributed by atoms with Crippen LogP contribution in [0.1, 0.15) is 33.4 Å². The second-order valence-corrected chi connectivity index (χ2v) is 22.0. The molecular weight excluding hydrogens is 953 g/mol. The molecule has 77 heavy (non-hydrogen) atoms. The van der Waals surface area contributed by atoms with E-state index in [1.165, 1.54) is 119 Å². The maximum absolute atomic E-state index is 5.34. The van der Waals surface area contributed by atoms with Gasteiger partial charge in [0.05, 0.1) is 22.1 Å². The van der Waals surface area contributed by atoms with Gasteiger partial charge in [0.1, 0.15) is 0 Å². The molecule has 3 heterocycles. The summed E-state index contributed by atoms with van der Waals surface area (Å²) in [6.07, 6.45) is 1.57. The number of hydrogen-bond donors (Lipinski definition) is 0. The van der Waals surface area contributed by atoms with Crippen LogP contribution < -0.4 is 0 Å². The molecule has 1 spiro atoms. The number of fused-ring (bicyclic) bond motifs is 9. The minimum absolute atomic E-state index is 0.589. The highest BCUT2D eigenvalue weighted by molar-refractivity contribution is 7.26. The Kier molecular flexibility index (Phi) is 9.01. The van der Waals surface area contributed by atoms with Gasteiger partial charge in [-0.1, -0.05) is 218 Å². The van der Waals surface area contributed by atoms with Gasteiger partial charge in [-0.25, -0.2) is 15.0 Å². The van der Waals surface area contributed by atoms with Crippen LogP contribution in [-0.2, 0) is 18.3 Å². The fourth-order valence-corrected chi connectivity index (χ4v) is 15.1. The third-order valence-corrected chi connectivity index (χ3v) is 18.2. The van der Waals surface area contributed by atoms with Crippen molar-refractivity contribution in [2.45, 2.75) is 18.3 Å². The lowest BCUT2D eigenvalue weighted by atomic mass is 9.64. The molecule has 2 aliphatic rings. The molecule has 12 aromatic carbocycles. The molecular formula is C72H44N4S. The van der Waals surface area contributed by atoms with Crippen LogP contribution in [0.5, 0.6) is 0 Å². The highest BCUT2D eigenvalue weighted by atomic mass is 32.1. The Labute approximate surface area is 447 Å². The molecule has 1 unspecified atom stereocenters. The third-order valence-electron chi connectivity index (χ3n) is 17.0. The van der Waals surface area contributed by atoms with Crippen molar-refractivity contribution < 1.29 is 0 Å². The molecule has 0 bridgehead atoms. The Bertz CT molecular complexity index is 4880. The predicted octanol–water partition coefficient (Wildman–Crippen LogP) is 18.3. The lowest BCUT2D eigenvalue weighted by Gasteiger charge is -2.37. The van der Waals surface area contributed by atoms with Crippen LogP contribution in [0, 0.1) is 0 Å². The molecule has 3 aromatic heterocycles. The van der Waals surface area contributed by atoms with Crippen molar-refractivity contribution in [2.24, 2.45) is 0 Å². The molecule has 358 valence electrons. The van der Waals surface area contributed by atoms with E-state index in [4.69, 9.17) is 15.0 Å². The first-order chi connectivity index (χ1) is 38.2. The van der Waals surface area contributed by atoms with Crippen molar-refractivity contribution in [2.75, 3.05) is 0 Å². The Hall–Kier alpha value is -9.55. The highest BCUT2D eigenvalue weighted by Gasteiger charge is 2.46. The van der Waals surface area contributed by atoms with Gasteiger partial charge >= 0.3 is 0 Å². The third kappa shape index (κ3) is 6.06. The van der Waals surface area contributed by atoms with E-state index in [0.29, 0.717) is 17.5 Å². The number of nitrogens with zero attached hydrogens (tertiary/aromatic N) is 4. The molecule has 4 nitrogen and oxygen atoms in total. The van der Waals surface area contributed by atoms with E-state index >= 15 is 0 Å². The average molecular weight is 997 g/mol. The topological polar surface area (TPSA) is 43.6 Å². The number of para-hydroxylation sites is 2. The SMILES string of the molecule is c1ccc(-c2nc(-c3ccccc3)nc(-c3ccc4c5c(cccc35)Cc3cccc5c(-c6cccc7c6sc6ccccc67)ccc(c35)C43Cc4cccc5c(-n6c7ccccc7c7ccccc76)ccc3c45)n2)cc1. The summed E-state index contributed by atoms with van der Waals surface area (Å²) in [4.78, 5) is 15.8. The molecule has 0 saturated heterocycles. The molecule has 0 fully saturated rings. The van der Waals surface area contributed by atoms with Gasteiger partial charge in [-0.15, -0.1) is 11.3 Å². The van der Waals surface area contributed by atoms with Gasteiger partial charge in [0, 0.05) is 58.6 Å². The maximum atomic E-state index is 5.34. The van der Waals surface area contributed by atoms with Gasteiger partial charge in [0.15, 0.2) is 17.5 Å². The normalized spacial score (nSPS) is 14.7. The fourth-order valence-electron chi connectivity index (χ4n) is 13.8. The van der Waals surface area contributed by atoms with Crippen molar-refractivity contribution in [3.8, 4) is 51.0 Å². The summed E-state index contributed by atoms with van der Waals surface area (Å²) >= 11 is 1.90. The average Bonchev–Trinajstić information content (AvgIpc) is 4.39. The fraction of sp³-hybridized carbons (Fsp3) is 0.0417. The zero-order valence-electron chi connectivity index (χ0n) is 41.7. The van der Waals surface area contributed by atoms with Gasteiger partial charge in [-0.2, -0.15) is 0 Å². The zero-order chi connectivity index (χ0) is 50.3. The van der Waals surface area contributed by atoms with Gasteiger partial charge in [-0.3, -0.25) is 0 Å². The first-order valence-electron chi connectivity index (χ1n) is 26.6. The quantitative estimate of drug-likeness (QED) is 0.173. The Morgan fingerprint density at radius 2 is 0.818 bits per heavy atom. The van der Waals surface area contributed by atoms with Crippen molar-refractivity contribution in [1.29, 1.82) is 0 Å². The number of thiophene rings is 1. The standard InChI is InChI=1S/C72H44N4S/c1-3-17-43(18-4-1)69-73-70(44-19-5-2-6-20-44)75-71(74-69)56-36-38-59-66-46(22-14-28-53(56)66)41-45-21-13-27-52-48(54-29-16-30-55-51-26-9-12-34-64(51)77-68(54)55)35-37-58(65(45)52)72(59)42-47-23-15-31-57-63(40-39-60(72)67(47)57)76-61-32-10-7-24-49(61)50-25-8-11-33-62(50)76/h1-40H,41-42H2. The summed E-state index contributed by atoms with van der Waals surface area (Å²) in [6.45, 7) is 0. The van der Waals surface area contributed by atoms with Crippen LogP contribution in [0.2, 0.25) is 0 Å². The minimum Gasteiger partial charge on any atom is -0.309 e. The monoisotopic (exact) mass is 996 g/mol. The summed E-state index contributed by atoms with van der Waals surface area (Å²) in [7, 11) is 0. The summed E-state index contributed by atoms with van der Waals surface area (Å²) in [5.41, 5.74) is 16.5. The van der Waals surface area contributed by atoms with Crippen LogP contribution in [0.3, 0.4) is 0 Å². The predicted molar refractivity (Wildman–Crippen MR) is 321 cm³/mol. The Morgan fingerprint density at radius 3 is 1.48 bits per heavy atom. The molecule has 0 radical (unpaired) electrons. The van der Waals surface area contributed by atoms with Gasteiger partial charge in [0.2, 0.25) is 0 Å². The van der Waals surface area contributed by atoms with E-state index < -0.39 is 5.41 Å². The van der Waals surface area contributed by atoms with E-state index in [-0.39, 0.29) is 0 Å². The second kappa shape index (κ2) is 16.2. The Balaban J connectivity index is 0.970. The van der Waals surface area contributed by atoms with Gasteiger partial charge in [-0.05, 0) is 103 Å². The lowest BCUT2D eigenvalue weighted by molar-refractivity contribution is 0.651. The molecule has 2 aliphatic carbocycles. The summed E-state index contributed by atoms with van der Waals surface area (Å²) < 4.78 is 5.14. The van der Waals surface area contributed by atoms with E-state index in [0.717, 1.165) is 34.9 Å². The summed E-state index contributed by atoms with van der Waals surface area (Å²) in [5, 5.41) is 12.8. The maximum Gasteiger partial charge on any atom is 0.164 e. The minimum atomic E-state index is -0.589. The highest BCUT2D eigenvalue weighted by Crippen LogP contribution is 2.58. The first-order valence-corrected chi connectivity index (χ1v) is 27.4. The molecule has 17 rings (SSSR count). The van der Waals surface area contributed by atoms with Crippen LogP contribution in [0.15, 0.2) is 243 Å². The number of rotatable bonds is 5. The van der Waals surface area contributed by atoms with Crippen LogP contribution >= 0.6 is 11.3 Å². The van der Waals surface area contributed by atoms with Crippen molar-refractivity contribution in [3.05, 3.63) is 276 Å². The Morgan fingerprint density at radius 1 is 0.338 bits per heavy atom. The zero-order valence-corrected chi connectivity index (χ0v) is 42.5. The molecule has 1 atom stereocenters. The summed E-state index contributed by atoms with van der Waals surface area (Å²) in [5.74, 6) is 1.97. The van der Waals surface area contributed by atoms with E-state index in [1.807, 2.05) is 47.7 Å². The largest absolute Gasteiger partial charge is 0.309 e. The van der Waals surface area contributed by atoms with Crippen LogP contribution in [0.4, 0.5) is 0 Å². The first kappa shape index (κ1) is 42.8. The van der Waals surface area contributed by atoms with E-state index in [9.17, 15) is 0 Å². The molecule has 0 N–H and O–H groups in total. The second-order valence-electron chi connectivity index (χ2n) is 20.9. The van der Waals surface area contributed by atoms with E-state index in [1.54, 1.807) is 0 Å². The molecule has 0 aliphatic heterocycles. The molecule has 5 heteroatoms. The van der Waals surface area contributed by atoms with E-state index in [2.05, 4.69) is 211 Å². The lowest BCUT2D eigenvalue weighted by Crippen LogP contribution is -2.31. The van der Waals surface area contributed by atoms with Crippen molar-refractivity contribution in [3.63, 3.8) is 0 Å². The van der Waals surface area contributed by atoms with Crippen molar-refractivity contribution in [1.82, 2.24) is 19.5 Å².